The van der Waals surface area contributed by atoms with Gasteiger partial charge in [-0.1, -0.05) is 0 Å². The fourth-order valence-electron chi connectivity index (χ4n) is 2.45. The minimum absolute atomic E-state index is 0.244. The molecule has 0 aliphatic heterocycles. The second-order valence-electron chi connectivity index (χ2n) is 5.92. The predicted octanol–water partition coefficient (Wildman–Crippen LogP) is 2.51. The lowest BCUT2D eigenvalue weighted by Crippen LogP contribution is -2.30. The van der Waals surface area contributed by atoms with Gasteiger partial charge in [-0.2, -0.15) is 10.2 Å². The average molecular weight is 343 g/mol. The van der Waals surface area contributed by atoms with Gasteiger partial charge in [0.15, 0.2) is 11.6 Å². The largest absolute Gasteiger partial charge is 0.461 e. The summed E-state index contributed by atoms with van der Waals surface area (Å²) in [7, 11) is 0. The van der Waals surface area contributed by atoms with Crippen LogP contribution in [0.25, 0.3) is 11.6 Å². The van der Waals surface area contributed by atoms with Crippen LogP contribution in [-0.4, -0.2) is 37.5 Å². The first-order valence-electron chi connectivity index (χ1n) is 8.09. The van der Waals surface area contributed by atoms with E-state index in [-0.39, 0.29) is 12.1 Å². The Kier molecular flexibility index (Phi) is 4.82. The Hall–Kier alpha value is -3.10. The maximum Gasteiger partial charge on any atom is 0.320 e. The molecular formula is C16H21N7O2. The Balaban J connectivity index is 1.47. The highest BCUT2D eigenvalue weighted by Crippen LogP contribution is 2.15. The van der Waals surface area contributed by atoms with E-state index in [4.69, 9.17) is 4.42 Å². The van der Waals surface area contributed by atoms with Gasteiger partial charge in [-0.3, -0.25) is 15.1 Å². The SMILES string of the molecule is Cc1cc(NC(=O)NCCc2nc(-c3ccco3)n[nH]2)nn1C(C)C. The highest BCUT2D eigenvalue weighted by atomic mass is 16.3. The molecule has 0 saturated heterocycles. The summed E-state index contributed by atoms with van der Waals surface area (Å²) in [5, 5.41) is 16.8. The molecular weight excluding hydrogens is 322 g/mol. The van der Waals surface area contributed by atoms with Gasteiger partial charge < -0.3 is 9.73 Å². The van der Waals surface area contributed by atoms with Crippen LogP contribution >= 0.6 is 0 Å². The van der Waals surface area contributed by atoms with Crippen LogP contribution in [0.5, 0.6) is 0 Å². The van der Waals surface area contributed by atoms with E-state index in [0.717, 1.165) is 5.69 Å². The lowest BCUT2D eigenvalue weighted by molar-refractivity contribution is 0.252. The third-order valence-electron chi connectivity index (χ3n) is 3.57. The Morgan fingerprint density at radius 1 is 1.44 bits per heavy atom. The van der Waals surface area contributed by atoms with Gasteiger partial charge in [0, 0.05) is 30.8 Å². The van der Waals surface area contributed by atoms with Crippen LogP contribution in [0.2, 0.25) is 0 Å². The number of urea groups is 1. The molecule has 0 bridgehead atoms. The fraction of sp³-hybridized carbons (Fsp3) is 0.375. The number of hydrogen-bond acceptors (Lipinski definition) is 5. The van der Waals surface area contributed by atoms with Gasteiger partial charge in [0.25, 0.3) is 0 Å². The molecule has 132 valence electrons. The monoisotopic (exact) mass is 343 g/mol. The second kappa shape index (κ2) is 7.20. The van der Waals surface area contributed by atoms with E-state index in [1.165, 1.54) is 0 Å². The zero-order valence-corrected chi connectivity index (χ0v) is 14.4. The molecule has 0 aliphatic rings. The quantitative estimate of drug-likeness (QED) is 0.636. The molecule has 0 saturated carbocycles. The number of anilines is 1. The van der Waals surface area contributed by atoms with Crippen LogP contribution in [-0.2, 0) is 6.42 Å². The van der Waals surface area contributed by atoms with Gasteiger partial charge in [0.05, 0.1) is 6.26 Å². The molecule has 0 aromatic carbocycles. The van der Waals surface area contributed by atoms with Crippen molar-refractivity contribution >= 4 is 11.8 Å². The number of rotatable bonds is 6. The van der Waals surface area contributed by atoms with Crippen molar-refractivity contribution in [1.29, 1.82) is 0 Å². The van der Waals surface area contributed by atoms with Crippen molar-refractivity contribution in [2.24, 2.45) is 0 Å². The summed E-state index contributed by atoms with van der Waals surface area (Å²) in [6, 6.07) is 5.34. The van der Waals surface area contributed by atoms with Crippen molar-refractivity contribution in [2.75, 3.05) is 11.9 Å². The summed E-state index contributed by atoms with van der Waals surface area (Å²) in [5.74, 6) is 2.30. The highest BCUT2D eigenvalue weighted by molar-refractivity contribution is 5.88. The van der Waals surface area contributed by atoms with Gasteiger partial charge in [-0.05, 0) is 32.9 Å². The molecule has 0 fully saturated rings. The molecule has 0 aliphatic carbocycles. The molecule has 25 heavy (non-hydrogen) atoms. The number of furan rings is 1. The standard InChI is InChI=1S/C16H21N7O2/c1-10(2)23-11(3)9-14(22-23)19-16(24)17-7-6-13-18-15(21-20-13)12-5-4-8-25-12/h4-5,8-10H,6-7H2,1-3H3,(H,18,20,21)(H2,17,19,22,24). The molecule has 9 heteroatoms. The van der Waals surface area contributed by atoms with Gasteiger partial charge in [-0.15, -0.1) is 0 Å². The van der Waals surface area contributed by atoms with Crippen molar-refractivity contribution in [2.45, 2.75) is 33.2 Å². The van der Waals surface area contributed by atoms with Crippen LogP contribution in [0.4, 0.5) is 10.6 Å². The third kappa shape index (κ3) is 4.06. The number of carbonyl (C=O) groups excluding carboxylic acids is 1. The van der Waals surface area contributed by atoms with E-state index >= 15 is 0 Å². The summed E-state index contributed by atoms with van der Waals surface area (Å²) in [6.07, 6.45) is 2.10. The van der Waals surface area contributed by atoms with Crippen molar-refractivity contribution in [3.8, 4) is 11.6 Å². The molecule has 0 atom stereocenters. The topological polar surface area (TPSA) is 114 Å². The molecule has 9 nitrogen and oxygen atoms in total. The summed E-state index contributed by atoms with van der Waals surface area (Å²) < 4.78 is 7.10. The minimum Gasteiger partial charge on any atom is -0.461 e. The van der Waals surface area contributed by atoms with E-state index < -0.39 is 0 Å². The normalized spacial score (nSPS) is 11.0. The van der Waals surface area contributed by atoms with Crippen molar-refractivity contribution in [1.82, 2.24) is 30.3 Å². The van der Waals surface area contributed by atoms with Gasteiger partial charge >= 0.3 is 6.03 Å². The number of hydrogen-bond donors (Lipinski definition) is 3. The van der Waals surface area contributed by atoms with E-state index in [1.807, 2.05) is 31.5 Å². The van der Waals surface area contributed by atoms with E-state index in [1.54, 1.807) is 18.4 Å². The zero-order chi connectivity index (χ0) is 17.8. The summed E-state index contributed by atoms with van der Waals surface area (Å²) in [4.78, 5) is 16.3. The lowest BCUT2D eigenvalue weighted by atomic mass is 10.4. The molecule has 0 unspecified atom stereocenters. The van der Waals surface area contributed by atoms with E-state index in [9.17, 15) is 4.79 Å². The molecule has 3 aromatic heterocycles. The molecule has 0 spiro atoms. The third-order valence-corrected chi connectivity index (χ3v) is 3.57. The first-order valence-corrected chi connectivity index (χ1v) is 8.09. The van der Waals surface area contributed by atoms with Gasteiger partial charge in [0.1, 0.15) is 5.82 Å². The lowest BCUT2D eigenvalue weighted by Gasteiger charge is -2.07. The highest BCUT2D eigenvalue weighted by Gasteiger charge is 2.11. The molecule has 2 amide bonds. The molecule has 3 aromatic rings. The number of aromatic nitrogens is 5. The fourth-order valence-corrected chi connectivity index (χ4v) is 2.45. The van der Waals surface area contributed by atoms with Gasteiger partial charge in [-0.25, -0.2) is 9.78 Å². The number of aryl methyl sites for hydroxylation is 1. The van der Waals surface area contributed by atoms with Crippen molar-refractivity contribution in [3.05, 3.63) is 36.0 Å². The average Bonchev–Trinajstić information content (AvgIpc) is 3.27. The predicted molar refractivity (Wildman–Crippen MR) is 92.2 cm³/mol. The van der Waals surface area contributed by atoms with Crippen molar-refractivity contribution in [3.63, 3.8) is 0 Å². The zero-order valence-electron chi connectivity index (χ0n) is 14.4. The molecule has 3 rings (SSSR count). The number of H-pyrrole nitrogens is 1. The van der Waals surface area contributed by atoms with Crippen LogP contribution in [0.1, 0.15) is 31.4 Å². The minimum atomic E-state index is -0.306. The summed E-state index contributed by atoms with van der Waals surface area (Å²) in [5.41, 5.74) is 0.998. The smallest absolute Gasteiger partial charge is 0.320 e. The number of nitrogens with zero attached hydrogens (tertiary/aromatic N) is 4. The summed E-state index contributed by atoms with van der Waals surface area (Å²) in [6.45, 7) is 6.45. The van der Waals surface area contributed by atoms with Crippen LogP contribution < -0.4 is 10.6 Å². The number of nitrogens with one attached hydrogen (secondary N) is 3. The van der Waals surface area contributed by atoms with E-state index in [0.29, 0.717) is 36.2 Å². The summed E-state index contributed by atoms with van der Waals surface area (Å²) >= 11 is 0. The maximum absolute atomic E-state index is 12.0. The maximum atomic E-state index is 12.0. The first-order chi connectivity index (χ1) is 12.0. The molecule has 3 heterocycles. The number of amides is 2. The molecule has 0 radical (unpaired) electrons. The number of aromatic amines is 1. The van der Waals surface area contributed by atoms with Gasteiger partial charge in [0.2, 0.25) is 5.82 Å². The van der Waals surface area contributed by atoms with Crippen LogP contribution in [0, 0.1) is 6.92 Å². The van der Waals surface area contributed by atoms with E-state index in [2.05, 4.69) is 30.9 Å². The Morgan fingerprint density at radius 2 is 2.28 bits per heavy atom. The molecule has 3 N–H and O–H groups in total. The second-order valence-corrected chi connectivity index (χ2v) is 5.92. The Labute approximate surface area is 144 Å². The first kappa shape index (κ1) is 16.7. The van der Waals surface area contributed by atoms with Crippen LogP contribution in [0.15, 0.2) is 28.9 Å². The van der Waals surface area contributed by atoms with Crippen molar-refractivity contribution < 1.29 is 9.21 Å². The Bertz CT molecular complexity index is 833. The Morgan fingerprint density at radius 3 is 2.96 bits per heavy atom. The number of carbonyl (C=O) groups is 1. The van der Waals surface area contributed by atoms with Crippen LogP contribution in [0.3, 0.4) is 0 Å².